The Morgan fingerprint density at radius 1 is 1.38 bits per heavy atom. The van der Waals surface area contributed by atoms with Crippen molar-refractivity contribution in [1.29, 1.82) is 0 Å². The highest BCUT2D eigenvalue weighted by Gasteiger charge is 2.12. The summed E-state index contributed by atoms with van der Waals surface area (Å²) in [6.07, 6.45) is 5.62. The summed E-state index contributed by atoms with van der Waals surface area (Å²) in [6.45, 7) is 4.01. The van der Waals surface area contributed by atoms with Crippen LogP contribution in [-0.2, 0) is 9.63 Å². The van der Waals surface area contributed by atoms with Crippen molar-refractivity contribution in [3.63, 3.8) is 0 Å². The Morgan fingerprint density at radius 2 is 2.00 bits per heavy atom. The number of nitrogens with two attached hydrogens (primary N) is 1. The molecule has 1 unspecified atom stereocenters. The minimum Gasteiger partial charge on any atom is -0.373 e. The summed E-state index contributed by atoms with van der Waals surface area (Å²) in [6, 6.07) is 0. The monoisotopic (exact) mass is 209 g/mol. The van der Waals surface area contributed by atoms with Crippen LogP contribution in [-0.4, -0.2) is 5.97 Å². The maximum atomic E-state index is 10.8. The van der Waals surface area contributed by atoms with Gasteiger partial charge in [-0.2, -0.15) is 5.90 Å². The molecule has 0 radical (unpaired) electrons. The van der Waals surface area contributed by atoms with Gasteiger partial charge in [-0.1, -0.05) is 39.5 Å². The van der Waals surface area contributed by atoms with Gasteiger partial charge < -0.3 is 4.84 Å². The van der Waals surface area contributed by atoms with Crippen molar-refractivity contribution in [2.24, 2.45) is 11.8 Å². The molecule has 0 amide bonds. The Bertz CT molecular complexity index is 131. The molecule has 0 aromatic heterocycles. The van der Waals surface area contributed by atoms with Crippen LogP contribution in [0.3, 0.4) is 0 Å². The summed E-state index contributed by atoms with van der Waals surface area (Å²) in [5.74, 6) is 4.41. The molecule has 0 spiro atoms. The average molecular weight is 210 g/mol. The summed E-state index contributed by atoms with van der Waals surface area (Å²) < 4.78 is 0. The molecule has 0 aliphatic heterocycles. The quantitative estimate of drug-likeness (QED) is 0.540. The van der Waals surface area contributed by atoms with Crippen LogP contribution in [0.15, 0.2) is 0 Å². The molecule has 80 valence electrons. The van der Waals surface area contributed by atoms with Gasteiger partial charge in [0.1, 0.15) is 0 Å². The van der Waals surface area contributed by atoms with Crippen molar-refractivity contribution >= 4 is 18.4 Å². The lowest BCUT2D eigenvalue weighted by Gasteiger charge is -2.06. The minimum absolute atomic E-state index is 0. The number of carbonyl (C=O) groups is 1. The smallest absolute Gasteiger partial charge is 0.327 e. The van der Waals surface area contributed by atoms with E-state index in [1.807, 2.05) is 6.92 Å². The molecule has 0 aromatic rings. The van der Waals surface area contributed by atoms with Crippen molar-refractivity contribution < 1.29 is 9.63 Å². The maximum absolute atomic E-state index is 10.8. The first-order chi connectivity index (χ1) is 5.72. The fraction of sp³-hybridized carbons (Fsp3) is 0.889. The van der Waals surface area contributed by atoms with Crippen LogP contribution in [0.25, 0.3) is 0 Å². The Labute approximate surface area is 86.4 Å². The van der Waals surface area contributed by atoms with Crippen LogP contribution in [0.2, 0.25) is 0 Å². The molecular weight excluding hydrogens is 190 g/mol. The van der Waals surface area contributed by atoms with Crippen LogP contribution < -0.4 is 5.90 Å². The average Bonchev–Trinajstić information content (AvgIpc) is 2.10. The first-order valence-electron chi connectivity index (χ1n) is 4.63. The van der Waals surface area contributed by atoms with Gasteiger partial charge in [-0.05, 0) is 6.42 Å². The van der Waals surface area contributed by atoms with Crippen molar-refractivity contribution in [2.75, 3.05) is 0 Å². The van der Waals surface area contributed by atoms with Crippen molar-refractivity contribution in [3.05, 3.63) is 0 Å². The Hall–Kier alpha value is -0.280. The fourth-order valence-corrected chi connectivity index (χ4v) is 1.11. The topological polar surface area (TPSA) is 52.3 Å². The van der Waals surface area contributed by atoms with E-state index in [1.54, 1.807) is 0 Å². The number of rotatable bonds is 6. The summed E-state index contributed by atoms with van der Waals surface area (Å²) in [5, 5.41) is 0. The van der Waals surface area contributed by atoms with Crippen molar-refractivity contribution in [2.45, 2.75) is 46.0 Å². The Kier molecular flexibility index (Phi) is 11.5. The largest absolute Gasteiger partial charge is 0.373 e. The van der Waals surface area contributed by atoms with Crippen LogP contribution in [0.4, 0.5) is 0 Å². The second kappa shape index (κ2) is 9.81. The molecule has 0 fully saturated rings. The zero-order valence-corrected chi connectivity index (χ0v) is 9.23. The molecule has 4 heteroatoms. The van der Waals surface area contributed by atoms with E-state index in [0.717, 1.165) is 12.8 Å². The summed E-state index contributed by atoms with van der Waals surface area (Å²) in [7, 11) is 0. The molecular formula is C9H20ClNO2. The number of unbranched alkanes of at least 4 members (excludes halogenated alkanes) is 3. The third-order valence-corrected chi connectivity index (χ3v) is 2.01. The van der Waals surface area contributed by atoms with Gasteiger partial charge in [0, 0.05) is 0 Å². The van der Waals surface area contributed by atoms with Gasteiger partial charge >= 0.3 is 5.97 Å². The van der Waals surface area contributed by atoms with Crippen LogP contribution in [0.5, 0.6) is 0 Å². The third kappa shape index (κ3) is 8.06. The second-order valence-corrected chi connectivity index (χ2v) is 3.19. The lowest BCUT2D eigenvalue weighted by molar-refractivity contribution is -0.148. The Balaban J connectivity index is 0. The second-order valence-electron chi connectivity index (χ2n) is 3.19. The summed E-state index contributed by atoms with van der Waals surface area (Å²) in [4.78, 5) is 15.0. The molecule has 3 nitrogen and oxygen atoms in total. The molecule has 0 aromatic carbocycles. The third-order valence-electron chi connectivity index (χ3n) is 2.01. The van der Waals surface area contributed by atoms with E-state index in [9.17, 15) is 4.79 Å². The van der Waals surface area contributed by atoms with Gasteiger partial charge in [-0.3, -0.25) is 4.79 Å². The van der Waals surface area contributed by atoms with Crippen molar-refractivity contribution in [1.82, 2.24) is 0 Å². The predicted octanol–water partition coefficient (Wildman–Crippen LogP) is 2.43. The van der Waals surface area contributed by atoms with Gasteiger partial charge in [0.25, 0.3) is 0 Å². The van der Waals surface area contributed by atoms with Gasteiger partial charge in [0.2, 0.25) is 0 Å². The molecule has 0 aliphatic rings. The highest BCUT2D eigenvalue weighted by atomic mass is 35.5. The molecule has 0 heterocycles. The zero-order chi connectivity index (χ0) is 9.40. The number of hydrogen-bond acceptors (Lipinski definition) is 3. The zero-order valence-electron chi connectivity index (χ0n) is 8.41. The molecule has 13 heavy (non-hydrogen) atoms. The number of halogens is 1. The lowest BCUT2D eigenvalue weighted by atomic mass is 10.0. The molecule has 0 bridgehead atoms. The maximum Gasteiger partial charge on any atom is 0.327 e. The standard InChI is InChI=1S/C9H19NO2.ClH/c1-3-4-5-6-7-8(2)9(11)12-10;/h8H,3-7,10H2,1-2H3;1H. The predicted molar refractivity (Wildman–Crippen MR) is 55.5 cm³/mol. The minimum atomic E-state index is -0.300. The van der Waals surface area contributed by atoms with Crippen molar-refractivity contribution in [3.8, 4) is 0 Å². The molecule has 0 saturated heterocycles. The van der Waals surface area contributed by atoms with Gasteiger partial charge in [-0.25, -0.2) is 0 Å². The lowest BCUT2D eigenvalue weighted by Crippen LogP contribution is -2.18. The highest BCUT2D eigenvalue weighted by molar-refractivity contribution is 5.85. The summed E-state index contributed by atoms with van der Waals surface area (Å²) in [5.41, 5.74) is 0. The van der Waals surface area contributed by atoms with E-state index in [0.29, 0.717) is 0 Å². The molecule has 0 aliphatic carbocycles. The Morgan fingerprint density at radius 3 is 2.46 bits per heavy atom. The van der Waals surface area contributed by atoms with Crippen LogP contribution >= 0.6 is 12.4 Å². The van der Waals surface area contributed by atoms with Crippen LogP contribution in [0, 0.1) is 5.92 Å². The molecule has 0 rings (SSSR count). The number of hydrogen-bond donors (Lipinski definition) is 1. The molecule has 2 N–H and O–H groups in total. The van der Waals surface area contributed by atoms with E-state index < -0.39 is 0 Å². The van der Waals surface area contributed by atoms with Crippen LogP contribution in [0.1, 0.15) is 46.0 Å². The van der Waals surface area contributed by atoms with Gasteiger partial charge in [0.15, 0.2) is 0 Å². The number of carbonyl (C=O) groups excluding carboxylic acids is 1. The summed E-state index contributed by atoms with van der Waals surface area (Å²) >= 11 is 0. The van der Waals surface area contributed by atoms with Gasteiger partial charge in [0.05, 0.1) is 5.92 Å². The van der Waals surface area contributed by atoms with Gasteiger partial charge in [-0.15, -0.1) is 12.4 Å². The first-order valence-corrected chi connectivity index (χ1v) is 4.63. The first kappa shape index (κ1) is 15.2. The van der Waals surface area contributed by atoms with E-state index in [2.05, 4.69) is 11.8 Å². The fourth-order valence-electron chi connectivity index (χ4n) is 1.11. The van der Waals surface area contributed by atoms with E-state index in [1.165, 1.54) is 19.3 Å². The molecule has 0 saturated carbocycles. The normalized spacial score (nSPS) is 11.6. The van der Waals surface area contributed by atoms with E-state index >= 15 is 0 Å². The SMILES string of the molecule is CCCCCCC(C)C(=O)ON.Cl. The highest BCUT2D eigenvalue weighted by Crippen LogP contribution is 2.10. The molecule has 1 atom stereocenters. The van der Waals surface area contributed by atoms with E-state index in [-0.39, 0.29) is 24.3 Å². The van der Waals surface area contributed by atoms with E-state index in [4.69, 9.17) is 5.90 Å².